The van der Waals surface area contributed by atoms with Gasteiger partial charge in [-0.25, -0.2) is 9.98 Å². The summed E-state index contributed by atoms with van der Waals surface area (Å²) in [6.07, 6.45) is 0.920. The second kappa shape index (κ2) is 8.27. The Kier molecular flexibility index (Phi) is 5.78. The van der Waals surface area contributed by atoms with E-state index in [-0.39, 0.29) is 0 Å². The number of anilines is 1. The Morgan fingerprint density at radius 1 is 1.19 bits per heavy atom. The standard InChI is InChI=1S/C19H18Cl2N4S2/c1-25-8-9-26-19(25)23-13-4-2-12(3-5-13)6-7-22-18-24-16-10-14(20)15(21)11-17(16)27-18/h2-5,10-11H,6-9H2,1H3,(H,22,24)/b23-19-. The predicted octanol–water partition coefficient (Wildman–Crippen LogP) is 5.92. The number of rotatable bonds is 5. The number of amidine groups is 1. The average molecular weight is 437 g/mol. The second-order valence-electron chi connectivity index (χ2n) is 6.26. The third-order valence-electron chi connectivity index (χ3n) is 4.27. The Hall–Kier alpha value is -1.47. The topological polar surface area (TPSA) is 40.5 Å². The van der Waals surface area contributed by atoms with E-state index in [0.29, 0.717) is 10.0 Å². The van der Waals surface area contributed by atoms with E-state index in [0.717, 1.165) is 51.5 Å². The molecule has 0 bridgehead atoms. The Labute approximate surface area is 176 Å². The highest BCUT2D eigenvalue weighted by atomic mass is 35.5. The van der Waals surface area contributed by atoms with Crippen LogP contribution in [0.1, 0.15) is 5.56 Å². The molecular formula is C19H18Cl2N4S2. The molecule has 4 rings (SSSR count). The van der Waals surface area contributed by atoms with E-state index in [1.807, 2.05) is 17.8 Å². The number of thiazole rings is 1. The lowest BCUT2D eigenvalue weighted by Crippen LogP contribution is -2.17. The summed E-state index contributed by atoms with van der Waals surface area (Å²) in [5, 5.41) is 6.46. The van der Waals surface area contributed by atoms with Gasteiger partial charge in [0.2, 0.25) is 0 Å². The molecule has 1 aromatic heterocycles. The summed E-state index contributed by atoms with van der Waals surface area (Å²) in [6, 6.07) is 12.1. The van der Waals surface area contributed by atoms with Crippen molar-refractivity contribution < 1.29 is 0 Å². The molecule has 0 aliphatic carbocycles. The van der Waals surface area contributed by atoms with Crippen LogP contribution in [0, 0.1) is 0 Å². The molecule has 0 amide bonds. The molecule has 0 spiro atoms. The molecule has 0 radical (unpaired) electrons. The van der Waals surface area contributed by atoms with Crippen molar-refractivity contribution in [1.82, 2.24) is 9.88 Å². The second-order valence-corrected chi connectivity index (χ2v) is 9.17. The van der Waals surface area contributed by atoms with Gasteiger partial charge in [0.25, 0.3) is 0 Å². The third kappa shape index (κ3) is 4.51. The lowest BCUT2D eigenvalue weighted by atomic mass is 10.1. The lowest BCUT2D eigenvalue weighted by Gasteiger charge is -2.09. The normalized spacial score (nSPS) is 15.8. The van der Waals surface area contributed by atoms with Crippen LogP contribution in [0.2, 0.25) is 10.0 Å². The number of benzene rings is 2. The van der Waals surface area contributed by atoms with Gasteiger partial charge in [-0.1, -0.05) is 58.4 Å². The van der Waals surface area contributed by atoms with Crippen LogP contribution >= 0.6 is 46.3 Å². The van der Waals surface area contributed by atoms with Crippen molar-refractivity contribution in [3.05, 3.63) is 52.0 Å². The van der Waals surface area contributed by atoms with Crippen molar-refractivity contribution in [1.29, 1.82) is 0 Å². The molecule has 1 aliphatic rings. The van der Waals surface area contributed by atoms with Crippen LogP contribution in [0.25, 0.3) is 10.2 Å². The number of nitrogens with zero attached hydrogens (tertiary/aromatic N) is 3. The van der Waals surface area contributed by atoms with E-state index in [9.17, 15) is 0 Å². The molecule has 0 saturated carbocycles. The Morgan fingerprint density at radius 3 is 2.70 bits per heavy atom. The van der Waals surface area contributed by atoms with Crippen molar-refractivity contribution >= 4 is 72.5 Å². The largest absolute Gasteiger partial charge is 0.361 e. The maximum Gasteiger partial charge on any atom is 0.183 e. The highest BCUT2D eigenvalue weighted by Gasteiger charge is 2.14. The zero-order valence-electron chi connectivity index (χ0n) is 14.7. The molecule has 1 saturated heterocycles. The van der Waals surface area contributed by atoms with Crippen molar-refractivity contribution in [3.8, 4) is 0 Å². The summed E-state index contributed by atoms with van der Waals surface area (Å²) in [4.78, 5) is 11.5. The number of fused-ring (bicyclic) bond motifs is 1. The molecule has 0 unspecified atom stereocenters. The minimum absolute atomic E-state index is 0.534. The Balaban J connectivity index is 1.35. The van der Waals surface area contributed by atoms with Crippen LogP contribution in [-0.4, -0.2) is 40.9 Å². The monoisotopic (exact) mass is 436 g/mol. The molecule has 1 N–H and O–H groups in total. The number of thioether (sulfide) groups is 1. The fourth-order valence-electron chi connectivity index (χ4n) is 2.76. The molecule has 1 aliphatic heterocycles. The number of aromatic nitrogens is 1. The highest BCUT2D eigenvalue weighted by molar-refractivity contribution is 8.14. The van der Waals surface area contributed by atoms with Gasteiger partial charge in [-0.3, -0.25) is 0 Å². The van der Waals surface area contributed by atoms with Crippen LogP contribution < -0.4 is 5.32 Å². The lowest BCUT2D eigenvalue weighted by molar-refractivity contribution is 0.563. The van der Waals surface area contributed by atoms with E-state index in [1.165, 1.54) is 5.56 Å². The number of hydrogen-bond acceptors (Lipinski definition) is 5. The fourth-order valence-corrected chi connectivity index (χ4v) is 5.09. The van der Waals surface area contributed by atoms with Gasteiger partial charge in [0.05, 0.1) is 25.9 Å². The van der Waals surface area contributed by atoms with Gasteiger partial charge in [0, 0.05) is 25.9 Å². The van der Waals surface area contributed by atoms with Crippen molar-refractivity contribution in [2.75, 3.05) is 31.2 Å². The van der Waals surface area contributed by atoms with Gasteiger partial charge in [0.15, 0.2) is 10.3 Å². The van der Waals surface area contributed by atoms with Gasteiger partial charge in [0.1, 0.15) is 0 Å². The minimum Gasteiger partial charge on any atom is -0.361 e. The number of halogens is 2. The molecule has 2 heterocycles. The van der Waals surface area contributed by atoms with Gasteiger partial charge in [-0.2, -0.15) is 0 Å². The Bertz CT molecular complexity index is 946. The summed E-state index contributed by atoms with van der Waals surface area (Å²) in [5.41, 5.74) is 3.14. The molecule has 0 atom stereocenters. The van der Waals surface area contributed by atoms with Gasteiger partial charge >= 0.3 is 0 Å². The number of hydrogen-bond donors (Lipinski definition) is 1. The van der Waals surface area contributed by atoms with Crippen LogP contribution in [0.4, 0.5) is 10.8 Å². The van der Waals surface area contributed by atoms with E-state index in [1.54, 1.807) is 17.4 Å². The fraction of sp³-hybridized carbons (Fsp3) is 0.263. The molecular weight excluding hydrogens is 419 g/mol. The van der Waals surface area contributed by atoms with Gasteiger partial charge < -0.3 is 10.2 Å². The summed E-state index contributed by atoms with van der Waals surface area (Å²) < 4.78 is 1.03. The van der Waals surface area contributed by atoms with Gasteiger partial charge in [-0.15, -0.1) is 0 Å². The summed E-state index contributed by atoms with van der Waals surface area (Å²) in [6.45, 7) is 1.88. The first-order chi connectivity index (χ1) is 13.1. The SMILES string of the molecule is CN1CCS/C1=N\c1ccc(CCNc2nc3cc(Cl)c(Cl)cc3s2)cc1. The first-order valence-electron chi connectivity index (χ1n) is 8.59. The Morgan fingerprint density at radius 2 is 1.96 bits per heavy atom. The quantitative estimate of drug-likeness (QED) is 0.538. The van der Waals surface area contributed by atoms with E-state index >= 15 is 0 Å². The summed E-state index contributed by atoms with van der Waals surface area (Å²) >= 11 is 15.5. The van der Waals surface area contributed by atoms with E-state index < -0.39 is 0 Å². The first-order valence-corrected chi connectivity index (χ1v) is 11.2. The van der Waals surface area contributed by atoms with E-state index in [4.69, 9.17) is 28.2 Å². The maximum absolute atomic E-state index is 6.07. The van der Waals surface area contributed by atoms with Crippen molar-refractivity contribution in [2.24, 2.45) is 4.99 Å². The zero-order chi connectivity index (χ0) is 18.8. The molecule has 140 valence electrons. The first kappa shape index (κ1) is 18.9. The number of aliphatic imine (C=N–C) groups is 1. The molecule has 3 aromatic rings. The molecule has 1 fully saturated rings. The summed E-state index contributed by atoms with van der Waals surface area (Å²) in [5.74, 6) is 1.11. The average Bonchev–Trinajstić information content (AvgIpc) is 3.23. The predicted molar refractivity (Wildman–Crippen MR) is 120 cm³/mol. The van der Waals surface area contributed by atoms with Crippen molar-refractivity contribution in [3.63, 3.8) is 0 Å². The smallest absolute Gasteiger partial charge is 0.183 e. The molecule has 8 heteroatoms. The van der Waals surface area contributed by atoms with Crippen LogP contribution in [0.3, 0.4) is 0 Å². The van der Waals surface area contributed by atoms with E-state index in [2.05, 4.69) is 46.5 Å². The molecule has 2 aromatic carbocycles. The van der Waals surface area contributed by atoms with Crippen LogP contribution in [0.15, 0.2) is 41.4 Å². The van der Waals surface area contributed by atoms with Gasteiger partial charge in [-0.05, 0) is 36.2 Å². The van der Waals surface area contributed by atoms with Crippen LogP contribution in [-0.2, 0) is 6.42 Å². The summed E-state index contributed by atoms with van der Waals surface area (Å²) in [7, 11) is 2.09. The third-order valence-corrected chi connectivity index (χ3v) is 7.01. The van der Waals surface area contributed by atoms with Crippen molar-refractivity contribution in [2.45, 2.75) is 6.42 Å². The van der Waals surface area contributed by atoms with Crippen LogP contribution in [0.5, 0.6) is 0 Å². The maximum atomic E-state index is 6.07. The zero-order valence-corrected chi connectivity index (χ0v) is 17.9. The molecule has 27 heavy (non-hydrogen) atoms. The molecule has 4 nitrogen and oxygen atoms in total. The number of nitrogens with one attached hydrogen (secondary N) is 1. The highest BCUT2D eigenvalue weighted by Crippen LogP contribution is 2.33. The minimum atomic E-state index is 0.534.